The fourth-order valence-corrected chi connectivity index (χ4v) is 4.15. The zero-order valence-electron chi connectivity index (χ0n) is 18.0. The normalized spacial score (nSPS) is 20.3. The van der Waals surface area contributed by atoms with Gasteiger partial charge in [-0.15, -0.1) is 0 Å². The summed E-state index contributed by atoms with van der Waals surface area (Å²) in [6.07, 6.45) is -1.34. The third-order valence-electron chi connectivity index (χ3n) is 5.85. The van der Waals surface area contributed by atoms with Crippen molar-refractivity contribution >= 4 is 16.7 Å². The fourth-order valence-electron chi connectivity index (χ4n) is 4.15. The molecular weight excluding hydrogens is 391 g/mol. The molecule has 0 radical (unpaired) electrons. The van der Waals surface area contributed by atoms with Gasteiger partial charge < -0.3 is 10.2 Å². The zero-order chi connectivity index (χ0) is 21.7. The third kappa shape index (κ3) is 6.04. The predicted molar refractivity (Wildman–Crippen MR) is 114 cm³/mol. The van der Waals surface area contributed by atoms with Gasteiger partial charge in [0.1, 0.15) is 11.6 Å². The Hall–Kier alpha value is -1.93. The molecule has 0 aliphatic heterocycles. The number of nitrogens with one attached hydrogen (secondary N) is 1. The van der Waals surface area contributed by atoms with Crippen LogP contribution in [0.4, 0.5) is 19.0 Å². The van der Waals surface area contributed by atoms with E-state index in [9.17, 15) is 13.2 Å². The van der Waals surface area contributed by atoms with Crippen molar-refractivity contribution < 1.29 is 13.2 Å². The van der Waals surface area contributed by atoms with Crippen molar-refractivity contribution in [1.82, 2.24) is 19.8 Å². The lowest BCUT2D eigenvalue weighted by atomic mass is 9.84. The SMILES string of the molecule is CN(C)CCCNc1nc(CN(C)C2CCCC(C(F)(F)F)C2)nc2ccccc12. The number of nitrogens with zero attached hydrogens (tertiary/aromatic N) is 4. The molecule has 166 valence electrons. The standard InChI is InChI=1S/C22H32F3N5/c1-29(2)13-7-12-26-21-18-10-4-5-11-19(18)27-20(28-21)15-30(3)17-9-6-8-16(14-17)22(23,24)25/h4-5,10-11,16-17H,6-9,12-15H2,1-3H3,(H,26,27,28). The lowest BCUT2D eigenvalue weighted by Crippen LogP contribution is -2.39. The molecule has 5 nitrogen and oxygen atoms in total. The molecule has 1 aliphatic rings. The molecule has 0 amide bonds. The van der Waals surface area contributed by atoms with Crippen molar-refractivity contribution in [3.05, 3.63) is 30.1 Å². The van der Waals surface area contributed by atoms with Crippen LogP contribution in [0.25, 0.3) is 10.9 Å². The van der Waals surface area contributed by atoms with Gasteiger partial charge in [0.05, 0.1) is 18.0 Å². The Labute approximate surface area is 176 Å². The first kappa shape index (κ1) is 22.7. The number of benzene rings is 1. The minimum atomic E-state index is -4.11. The molecule has 1 aliphatic carbocycles. The second-order valence-electron chi connectivity index (χ2n) is 8.56. The molecule has 1 N–H and O–H groups in total. The summed E-state index contributed by atoms with van der Waals surface area (Å²) >= 11 is 0. The largest absolute Gasteiger partial charge is 0.391 e. The third-order valence-corrected chi connectivity index (χ3v) is 5.85. The molecule has 8 heteroatoms. The van der Waals surface area contributed by atoms with Crippen LogP contribution in [0.5, 0.6) is 0 Å². The summed E-state index contributed by atoms with van der Waals surface area (Å²) in [5.41, 5.74) is 0.850. The lowest BCUT2D eigenvalue weighted by molar-refractivity contribution is -0.186. The highest BCUT2D eigenvalue weighted by Gasteiger charge is 2.42. The quantitative estimate of drug-likeness (QED) is 0.632. The van der Waals surface area contributed by atoms with Gasteiger partial charge in [-0.2, -0.15) is 13.2 Å². The number of alkyl halides is 3. The van der Waals surface area contributed by atoms with E-state index in [0.29, 0.717) is 18.8 Å². The molecule has 1 heterocycles. The number of rotatable bonds is 8. The molecule has 0 spiro atoms. The van der Waals surface area contributed by atoms with Gasteiger partial charge in [0.15, 0.2) is 0 Å². The topological polar surface area (TPSA) is 44.3 Å². The van der Waals surface area contributed by atoms with E-state index in [0.717, 1.165) is 42.7 Å². The Bertz CT molecular complexity index is 824. The number of para-hydroxylation sites is 1. The van der Waals surface area contributed by atoms with E-state index in [4.69, 9.17) is 4.98 Å². The Kier molecular flexibility index (Phi) is 7.52. The molecule has 1 aromatic heterocycles. The van der Waals surface area contributed by atoms with Gasteiger partial charge in [-0.3, -0.25) is 4.90 Å². The number of fused-ring (bicyclic) bond motifs is 1. The van der Waals surface area contributed by atoms with E-state index in [1.807, 2.05) is 50.3 Å². The predicted octanol–water partition coefficient (Wildman–Crippen LogP) is 4.55. The summed E-state index contributed by atoms with van der Waals surface area (Å²) in [6.45, 7) is 2.21. The fraction of sp³-hybridized carbons (Fsp3) is 0.636. The van der Waals surface area contributed by atoms with Crippen LogP contribution < -0.4 is 5.32 Å². The Morgan fingerprint density at radius 1 is 1.10 bits per heavy atom. The van der Waals surface area contributed by atoms with E-state index in [1.165, 1.54) is 0 Å². The monoisotopic (exact) mass is 423 g/mol. The van der Waals surface area contributed by atoms with Crippen molar-refractivity contribution in [3.8, 4) is 0 Å². The smallest absolute Gasteiger partial charge is 0.369 e. The Morgan fingerprint density at radius 2 is 1.87 bits per heavy atom. The minimum absolute atomic E-state index is 0.100. The molecule has 1 aromatic carbocycles. The number of anilines is 1. The number of aromatic nitrogens is 2. The van der Waals surface area contributed by atoms with Crippen molar-refractivity contribution in [1.29, 1.82) is 0 Å². The van der Waals surface area contributed by atoms with Crippen LogP contribution in [-0.4, -0.2) is 66.2 Å². The summed E-state index contributed by atoms with van der Waals surface area (Å²) in [5.74, 6) is 0.227. The van der Waals surface area contributed by atoms with Gasteiger partial charge in [-0.05, 0) is 65.5 Å². The highest BCUT2D eigenvalue weighted by atomic mass is 19.4. The van der Waals surface area contributed by atoms with Crippen LogP contribution in [-0.2, 0) is 6.54 Å². The van der Waals surface area contributed by atoms with Crippen LogP contribution in [0, 0.1) is 5.92 Å². The van der Waals surface area contributed by atoms with Crippen molar-refractivity contribution in [2.24, 2.45) is 5.92 Å². The molecular formula is C22H32F3N5. The molecule has 2 unspecified atom stereocenters. The molecule has 30 heavy (non-hydrogen) atoms. The molecule has 2 aromatic rings. The number of hydrogen-bond donors (Lipinski definition) is 1. The molecule has 0 saturated heterocycles. The first-order valence-corrected chi connectivity index (χ1v) is 10.6. The van der Waals surface area contributed by atoms with Crippen molar-refractivity contribution in [3.63, 3.8) is 0 Å². The van der Waals surface area contributed by atoms with E-state index in [2.05, 4.69) is 15.2 Å². The van der Waals surface area contributed by atoms with Crippen LogP contribution in [0.15, 0.2) is 24.3 Å². The van der Waals surface area contributed by atoms with Gasteiger partial charge in [0.25, 0.3) is 0 Å². The molecule has 0 bridgehead atoms. The van der Waals surface area contributed by atoms with E-state index >= 15 is 0 Å². The Morgan fingerprint density at radius 3 is 2.60 bits per heavy atom. The number of hydrogen-bond acceptors (Lipinski definition) is 5. The molecule has 1 saturated carbocycles. The van der Waals surface area contributed by atoms with E-state index in [-0.39, 0.29) is 18.9 Å². The minimum Gasteiger partial charge on any atom is -0.369 e. The second kappa shape index (κ2) is 9.92. The van der Waals surface area contributed by atoms with Crippen LogP contribution in [0.2, 0.25) is 0 Å². The summed E-state index contributed by atoms with van der Waals surface area (Å²) < 4.78 is 39.5. The van der Waals surface area contributed by atoms with E-state index in [1.54, 1.807) is 0 Å². The first-order valence-electron chi connectivity index (χ1n) is 10.6. The van der Waals surface area contributed by atoms with Gasteiger partial charge in [-0.25, -0.2) is 9.97 Å². The second-order valence-corrected chi connectivity index (χ2v) is 8.56. The molecule has 1 fully saturated rings. The van der Waals surface area contributed by atoms with Crippen LogP contribution in [0.3, 0.4) is 0 Å². The molecule has 2 atom stereocenters. The average Bonchev–Trinajstić information content (AvgIpc) is 2.70. The van der Waals surface area contributed by atoms with Crippen LogP contribution in [0.1, 0.15) is 37.9 Å². The average molecular weight is 424 g/mol. The number of halogens is 3. The first-order chi connectivity index (χ1) is 14.2. The van der Waals surface area contributed by atoms with Gasteiger partial charge >= 0.3 is 6.18 Å². The van der Waals surface area contributed by atoms with Gasteiger partial charge in [0, 0.05) is 18.0 Å². The highest BCUT2D eigenvalue weighted by Crippen LogP contribution is 2.39. The molecule has 3 rings (SSSR count). The van der Waals surface area contributed by atoms with E-state index < -0.39 is 12.1 Å². The Balaban J connectivity index is 1.72. The zero-order valence-corrected chi connectivity index (χ0v) is 18.0. The highest BCUT2D eigenvalue weighted by molar-refractivity contribution is 5.88. The summed E-state index contributed by atoms with van der Waals surface area (Å²) in [4.78, 5) is 13.5. The van der Waals surface area contributed by atoms with Crippen molar-refractivity contribution in [2.75, 3.05) is 39.5 Å². The van der Waals surface area contributed by atoms with Gasteiger partial charge in [0.2, 0.25) is 0 Å². The summed E-state index contributed by atoms with van der Waals surface area (Å²) in [5, 5.41) is 4.38. The summed E-state index contributed by atoms with van der Waals surface area (Å²) in [6, 6.07) is 7.74. The summed E-state index contributed by atoms with van der Waals surface area (Å²) in [7, 11) is 5.97. The van der Waals surface area contributed by atoms with Crippen LogP contribution >= 0.6 is 0 Å². The lowest BCUT2D eigenvalue weighted by Gasteiger charge is -2.35. The maximum Gasteiger partial charge on any atom is 0.391 e. The maximum atomic E-state index is 13.2. The van der Waals surface area contributed by atoms with Crippen molar-refractivity contribution in [2.45, 2.75) is 50.9 Å². The van der Waals surface area contributed by atoms with Gasteiger partial charge in [-0.1, -0.05) is 18.6 Å². The maximum absolute atomic E-state index is 13.2.